The molecular formula is C12H20F2N2O4. The molecule has 20 heavy (non-hydrogen) atoms. The molecule has 0 N–H and O–H groups in total. The minimum Gasteiger partial charge on any atom is -0.444 e. The number of hydroxylamine groups is 2. The van der Waals surface area contributed by atoms with Gasteiger partial charge in [-0.15, -0.1) is 0 Å². The molecule has 1 rings (SSSR count). The molecule has 0 unspecified atom stereocenters. The van der Waals surface area contributed by atoms with Crippen LogP contribution in [0.4, 0.5) is 13.6 Å². The fourth-order valence-electron chi connectivity index (χ4n) is 1.85. The Hall–Kier alpha value is -1.44. The monoisotopic (exact) mass is 294 g/mol. The van der Waals surface area contributed by atoms with Gasteiger partial charge in [0.25, 0.3) is 11.8 Å². The smallest absolute Gasteiger partial charge is 0.411 e. The van der Waals surface area contributed by atoms with E-state index in [9.17, 15) is 18.4 Å². The fourth-order valence-corrected chi connectivity index (χ4v) is 1.85. The van der Waals surface area contributed by atoms with Gasteiger partial charge in [-0.05, 0) is 20.8 Å². The summed E-state index contributed by atoms with van der Waals surface area (Å²) in [6.07, 6.45) is -1.67. The molecule has 0 aromatic heterocycles. The number of carbonyl (C=O) groups excluding carboxylic acids is 2. The van der Waals surface area contributed by atoms with E-state index < -0.39 is 42.5 Å². The summed E-state index contributed by atoms with van der Waals surface area (Å²) in [6.45, 7) is 4.03. The lowest BCUT2D eigenvalue weighted by atomic mass is 10.2. The summed E-state index contributed by atoms with van der Waals surface area (Å²) in [7, 11) is 2.54. The van der Waals surface area contributed by atoms with E-state index in [2.05, 4.69) is 4.84 Å². The summed E-state index contributed by atoms with van der Waals surface area (Å²) in [5.74, 6) is -3.83. The molecule has 0 saturated carbocycles. The van der Waals surface area contributed by atoms with E-state index in [-0.39, 0.29) is 0 Å². The van der Waals surface area contributed by atoms with Crippen LogP contribution < -0.4 is 0 Å². The van der Waals surface area contributed by atoms with Crippen molar-refractivity contribution in [2.75, 3.05) is 20.7 Å². The summed E-state index contributed by atoms with van der Waals surface area (Å²) in [5.41, 5.74) is -0.824. The Labute approximate surface area is 116 Å². The Bertz CT molecular complexity index is 395. The van der Waals surface area contributed by atoms with Gasteiger partial charge >= 0.3 is 6.09 Å². The van der Waals surface area contributed by atoms with Crippen LogP contribution >= 0.6 is 0 Å². The molecular weight excluding hydrogens is 274 g/mol. The third-order valence-corrected chi connectivity index (χ3v) is 2.77. The molecule has 1 heterocycles. The summed E-state index contributed by atoms with van der Waals surface area (Å²) in [6, 6.07) is -1.29. The Morgan fingerprint density at radius 1 is 1.35 bits per heavy atom. The van der Waals surface area contributed by atoms with Gasteiger partial charge in [-0.2, -0.15) is 0 Å². The number of hydrogen-bond donors (Lipinski definition) is 0. The topological polar surface area (TPSA) is 59.1 Å². The van der Waals surface area contributed by atoms with Crippen LogP contribution in [0.1, 0.15) is 27.2 Å². The standard InChI is InChI=1S/C12H20F2N2O4/c1-11(2,3)20-10(18)16-7-12(13,14)6-8(16)9(17)15(4)19-5/h8H,6-7H2,1-5H3/t8-/m0/s1. The number of alkyl halides is 2. The fraction of sp³-hybridized carbons (Fsp3) is 0.833. The summed E-state index contributed by atoms with van der Waals surface area (Å²) < 4.78 is 32.1. The van der Waals surface area contributed by atoms with Crippen LogP contribution in [0.5, 0.6) is 0 Å². The van der Waals surface area contributed by atoms with E-state index in [4.69, 9.17) is 4.74 Å². The van der Waals surface area contributed by atoms with Crippen LogP contribution in [0.2, 0.25) is 0 Å². The van der Waals surface area contributed by atoms with E-state index in [1.54, 1.807) is 20.8 Å². The molecule has 1 fully saturated rings. The molecule has 1 aliphatic heterocycles. The first-order valence-corrected chi connectivity index (χ1v) is 6.16. The van der Waals surface area contributed by atoms with Crippen LogP contribution in [0.3, 0.4) is 0 Å². The molecule has 6 nitrogen and oxygen atoms in total. The number of nitrogens with zero attached hydrogens (tertiary/aromatic N) is 2. The van der Waals surface area contributed by atoms with Gasteiger partial charge in [0.15, 0.2) is 0 Å². The van der Waals surface area contributed by atoms with Gasteiger partial charge in [0.1, 0.15) is 11.6 Å². The second kappa shape index (κ2) is 5.51. The maximum Gasteiger partial charge on any atom is 0.411 e. The Kier molecular flexibility index (Phi) is 4.58. The number of amides is 2. The predicted octanol–water partition coefficient (Wildman–Crippen LogP) is 1.65. The zero-order valence-corrected chi connectivity index (χ0v) is 12.3. The van der Waals surface area contributed by atoms with Crippen molar-refractivity contribution >= 4 is 12.0 Å². The SMILES string of the molecule is CON(C)C(=O)[C@@H]1CC(F)(F)CN1C(=O)OC(C)(C)C. The van der Waals surface area contributed by atoms with Crippen molar-refractivity contribution in [1.29, 1.82) is 0 Å². The maximum atomic E-state index is 13.5. The Morgan fingerprint density at radius 3 is 2.35 bits per heavy atom. The van der Waals surface area contributed by atoms with Crippen molar-refractivity contribution in [1.82, 2.24) is 9.96 Å². The van der Waals surface area contributed by atoms with E-state index in [1.807, 2.05) is 0 Å². The second-order valence-electron chi connectivity index (χ2n) is 5.70. The highest BCUT2D eigenvalue weighted by atomic mass is 19.3. The minimum atomic E-state index is -3.12. The van der Waals surface area contributed by atoms with Gasteiger partial charge in [-0.1, -0.05) is 0 Å². The molecule has 1 saturated heterocycles. The van der Waals surface area contributed by atoms with Gasteiger partial charge in [0.2, 0.25) is 0 Å². The van der Waals surface area contributed by atoms with Crippen LogP contribution in [0.15, 0.2) is 0 Å². The van der Waals surface area contributed by atoms with Crippen molar-refractivity contribution < 1.29 is 27.9 Å². The van der Waals surface area contributed by atoms with Gasteiger partial charge < -0.3 is 4.74 Å². The number of halogens is 2. The van der Waals surface area contributed by atoms with E-state index in [1.165, 1.54) is 14.2 Å². The highest BCUT2D eigenvalue weighted by Crippen LogP contribution is 2.33. The van der Waals surface area contributed by atoms with Crippen molar-refractivity contribution in [3.8, 4) is 0 Å². The highest BCUT2D eigenvalue weighted by molar-refractivity contribution is 5.85. The average Bonchev–Trinajstić information content (AvgIpc) is 2.61. The quantitative estimate of drug-likeness (QED) is 0.727. The zero-order valence-electron chi connectivity index (χ0n) is 12.3. The number of hydrogen-bond acceptors (Lipinski definition) is 4. The normalized spacial score (nSPS) is 21.8. The summed E-state index contributed by atoms with van der Waals surface area (Å²) in [5, 5.41) is 0.823. The Morgan fingerprint density at radius 2 is 1.90 bits per heavy atom. The maximum absolute atomic E-state index is 13.5. The van der Waals surface area contributed by atoms with Crippen molar-refractivity contribution in [2.24, 2.45) is 0 Å². The van der Waals surface area contributed by atoms with Crippen LogP contribution in [-0.4, -0.2) is 60.2 Å². The van der Waals surface area contributed by atoms with E-state index in [0.29, 0.717) is 0 Å². The number of ether oxygens (including phenoxy) is 1. The summed E-state index contributed by atoms with van der Waals surface area (Å²) in [4.78, 5) is 29.3. The molecule has 0 radical (unpaired) electrons. The molecule has 0 spiro atoms. The highest BCUT2D eigenvalue weighted by Gasteiger charge is 2.51. The molecule has 1 aliphatic rings. The lowest BCUT2D eigenvalue weighted by Crippen LogP contribution is -2.47. The third kappa shape index (κ3) is 4.03. The lowest BCUT2D eigenvalue weighted by Gasteiger charge is -2.28. The number of likely N-dealkylation sites (tertiary alicyclic amines) is 1. The molecule has 0 aliphatic carbocycles. The number of likely N-dealkylation sites (N-methyl/N-ethyl adjacent to an activating group) is 1. The molecule has 0 aromatic rings. The zero-order chi connectivity index (χ0) is 15.7. The van der Waals surface area contributed by atoms with Crippen molar-refractivity contribution in [3.63, 3.8) is 0 Å². The number of rotatable bonds is 2. The van der Waals surface area contributed by atoms with E-state index in [0.717, 1.165) is 9.96 Å². The van der Waals surface area contributed by atoms with Crippen LogP contribution in [0, 0.1) is 0 Å². The first-order valence-electron chi connectivity index (χ1n) is 6.16. The molecule has 8 heteroatoms. The van der Waals surface area contributed by atoms with Crippen molar-refractivity contribution in [2.45, 2.75) is 44.8 Å². The Balaban J connectivity index is 2.91. The van der Waals surface area contributed by atoms with Gasteiger partial charge in [-0.25, -0.2) is 18.6 Å². The molecule has 0 aromatic carbocycles. The van der Waals surface area contributed by atoms with Crippen LogP contribution in [-0.2, 0) is 14.4 Å². The lowest BCUT2D eigenvalue weighted by molar-refractivity contribution is -0.173. The molecule has 0 bridgehead atoms. The predicted molar refractivity (Wildman–Crippen MR) is 66.1 cm³/mol. The first kappa shape index (κ1) is 16.6. The largest absolute Gasteiger partial charge is 0.444 e. The minimum absolute atomic E-state index is 0.712. The number of carbonyl (C=O) groups is 2. The first-order chi connectivity index (χ1) is 8.97. The van der Waals surface area contributed by atoms with Gasteiger partial charge in [0, 0.05) is 13.5 Å². The van der Waals surface area contributed by atoms with E-state index >= 15 is 0 Å². The van der Waals surface area contributed by atoms with Crippen LogP contribution in [0.25, 0.3) is 0 Å². The second-order valence-corrected chi connectivity index (χ2v) is 5.70. The third-order valence-electron chi connectivity index (χ3n) is 2.77. The van der Waals surface area contributed by atoms with Gasteiger partial charge in [-0.3, -0.25) is 14.5 Å². The molecule has 116 valence electrons. The summed E-state index contributed by atoms with van der Waals surface area (Å²) >= 11 is 0. The van der Waals surface area contributed by atoms with Crippen molar-refractivity contribution in [3.05, 3.63) is 0 Å². The average molecular weight is 294 g/mol. The van der Waals surface area contributed by atoms with Gasteiger partial charge in [0.05, 0.1) is 13.7 Å². The molecule has 2 amide bonds. The molecule has 1 atom stereocenters.